The fourth-order valence-corrected chi connectivity index (χ4v) is 8.76. The van der Waals surface area contributed by atoms with Crippen molar-refractivity contribution in [3.05, 3.63) is 35.8 Å². The molecule has 1 N–H and O–H groups in total. The van der Waals surface area contributed by atoms with Crippen LogP contribution in [0.1, 0.15) is 78.9 Å². The smallest absolute Gasteiger partial charge is 0.335 e. The summed E-state index contributed by atoms with van der Waals surface area (Å²) in [6.45, 7) is 11.3. The molecular formula is C32H42O9. The lowest BCUT2D eigenvalue weighted by atomic mass is 9.40. The molecule has 224 valence electrons. The van der Waals surface area contributed by atoms with E-state index in [1.807, 2.05) is 39.8 Å². The van der Waals surface area contributed by atoms with Gasteiger partial charge in [0.25, 0.3) is 0 Å². The Morgan fingerprint density at radius 2 is 1.85 bits per heavy atom. The molecule has 0 unspecified atom stereocenters. The quantitative estimate of drug-likeness (QED) is 0.297. The van der Waals surface area contributed by atoms with E-state index in [0.717, 1.165) is 11.1 Å². The second-order valence-corrected chi connectivity index (χ2v) is 13.6. The number of methoxy groups -OCH3 is 1. The van der Waals surface area contributed by atoms with Gasteiger partial charge in [-0.1, -0.05) is 53.2 Å². The van der Waals surface area contributed by atoms with Crippen molar-refractivity contribution in [2.45, 2.75) is 85.5 Å². The summed E-state index contributed by atoms with van der Waals surface area (Å²) < 4.78 is 22.3. The van der Waals surface area contributed by atoms with E-state index in [2.05, 4.69) is 6.92 Å². The van der Waals surface area contributed by atoms with Crippen LogP contribution < -0.4 is 0 Å². The zero-order valence-corrected chi connectivity index (χ0v) is 25.0. The van der Waals surface area contributed by atoms with Crippen LogP contribution in [-0.4, -0.2) is 48.1 Å². The Kier molecular flexibility index (Phi) is 7.28. The third kappa shape index (κ3) is 4.21. The van der Waals surface area contributed by atoms with Gasteiger partial charge in [0.2, 0.25) is 0 Å². The first kappa shape index (κ1) is 29.5. The SMILES string of the molecule is CC[C@@H](C)C(=O)O[C@@H]1[C@@H]2C=C3[C@@H]4CC(=O)O[C@@H](c5ccoc5)[C@]4(C)CC[C@@H]3[C@@](C)(C2=O)[C@@H]([C@@H](O)C(=O)OC)C1(C)C. The number of carbonyl (C=O) groups excluding carboxylic acids is 4. The van der Waals surface area contributed by atoms with Crippen molar-refractivity contribution in [1.82, 2.24) is 0 Å². The van der Waals surface area contributed by atoms with E-state index in [4.69, 9.17) is 18.6 Å². The molecule has 1 saturated heterocycles. The van der Waals surface area contributed by atoms with Crippen LogP contribution in [0.15, 0.2) is 34.7 Å². The summed E-state index contributed by atoms with van der Waals surface area (Å²) >= 11 is 0. The standard InChI is InChI=1S/C32H42O9/c1-8-16(2)28(36)41-27-19-13-18-20(32(6,25(19)35)24(30(27,3)4)23(34)29(37)38-7)9-11-31(5)21(18)14-22(33)40-26(31)17-10-12-39-15-17/h10,12-13,15-16,19-21,23-24,26-27,34H,8-9,11,14H2,1-7H3/t16-,19-,20+,21+,23-,24+,26+,27-,31-,32-/m1/s1. The lowest BCUT2D eigenvalue weighted by molar-refractivity contribution is -0.211. The molecule has 4 aliphatic rings. The molecule has 3 aliphatic carbocycles. The first-order valence-electron chi connectivity index (χ1n) is 14.7. The molecule has 0 aromatic carbocycles. The van der Waals surface area contributed by atoms with Gasteiger partial charge in [-0.15, -0.1) is 0 Å². The highest BCUT2D eigenvalue weighted by Gasteiger charge is 2.70. The van der Waals surface area contributed by atoms with E-state index in [9.17, 15) is 24.3 Å². The maximum atomic E-state index is 14.5. The summed E-state index contributed by atoms with van der Waals surface area (Å²) in [6.07, 6.45) is 4.01. The Morgan fingerprint density at radius 3 is 2.46 bits per heavy atom. The minimum absolute atomic E-state index is 0.148. The summed E-state index contributed by atoms with van der Waals surface area (Å²) in [5.41, 5.74) is -0.877. The molecule has 0 spiro atoms. The molecule has 0 amide bonds. The number of aliphatic hydroxyl groups is 1. The number of hydrogen-bond acceptors (Lipinski definition) is 9. The van der Waals surface area contributed by atoms with E-state index in [-0.39, 0.29) is 35.9 Å². The Balaban J connectivity index is 1.68. The van der Waals surface area contributed by atoms with Gasteiger partial charge in [0, 0.05) is 27.7 Å². The van der Waals surface area contributed by atoms with Crippen LogP contribution in [0.5, 0.6) is 0 Å². The van der Waals surface area contributed by atoms with Gasteiger partial charge in [-0.05, 0) is 37.2 Å². The number of fused-ring (bicyclic) bond motifs is 6. The Morgan fingerprint density at radius 1 is 1.15 bits per heavy atom. The highest BCUT2D eigenvalue weighted by molar-refractivity contribution is 5.94. The molecule has 2 bridgehead atoms. The number of ether oxygens (including phenoxy) is 3. The fourth-order valence-electron chi connectivity index (χ4n) is 8.76. The summed E-state index contributed by atoms with van der Waals surface area (Å²) in [5.74, 6) is -4.40. The highest BCUT2D eigenvalue weighted by atomic mass is 16.6. The normalized spacial score (nSPS) is 38.9. The molecule has 2 saturated carbocycles. The average Bonchev–Trinajstić information content (AvgIpc) is 3.46. The van der Waals surface area contributed by atoms with Gasteiger partial charge in [0.05, 0.1) is 37.9 Å². The van der Waals surface area contributed by atoms with Crippen LogP contribution in [0.2, 0.25) is 0 Å². The summed E-state index contributed by atoms with van der Waals surface area (Å²) in [4.78, 5) is 53.5. The molecule has 41 heavy (non-hydrogen) atoms. The van der Waals surface area contributed by atoms with Gasteiger partial charge in [0.1, 0.15) is 18.0 Å². The van der Waals surface area contributed by atoms with E-state index in [1.165, 1.54) is 7.11 Å². The van der Waals surface area contributed by atoms with Crippen molar-refractivity contribution < 1.29 is 42.9 Å². The molecule has 1 aliphatic heterocycles. The van der Waals surface area contributed by atoms with E-state index < -0.39 is 58.3 Å². The average molecular weight is 571 g/mol. The Labute approximate surface area is 241 Å². The minimum Gasteiger partial charge on any atom is -0.472 e. The van der Waals surface area contributed by atoms with Gasteiger partial charge in [-0.3, -0.25) is 14.4 Å². The Hall–Kier alpha value is -2.94. The van der Waals surface area contributed by atoms with Gasteiger partial charge in [-0.25, -0.2) is 4.79 Å². The number of aliphatic hydroxyl groups excluding tert-OH is 1. The van der Waals surface area contributed by atoms with Crippen LogP contribution in [0.4, 0.5) is 0 Å². The number of ketones is 1. The molecule has 1 aromatic heterocycles. The van der Waals surface area contributed by atoms with Crippen molar-refractivity contribution in [1.29, 1.82) is 0 Å². The molecule has 10 atom stereocenters. The van der Waals surface area contributed by atoms with Gasteiger partial charge in [-0.2, -0.15) is 0 Å². The van der Waals surface area contributed by atoms with Crippen LogP contribution >= 0.6 is 0 Å². The predicted octanol–water partition coefficient (Wildman–Crippen LogP) is 4.58. The molecule has 3 fully saturated rings. The number of hydrogen-bond donors (Lipinski definition) is 1. The van der Waals surface area contributed by atoms with Crippen LogP contribution in [0.25, 0.3) is 0 Å². The van der Waals surface area contributed by atoms with E-state index in [0.29, 0.717) is 19.3 Å². The molecule has 9 heteroatoms. The topological polar surface area (TPSA) is 129 Å². The van der Waals surface area contributed by atoms with Gasteiger partial charge >= 0.3 is 17.9 Å². The first-order chi connectivity index (χ1) is 19.2. The number of furan rings is 1. The third-order valence-corrected chi connectivity index (χ3v) is 11.1. The van der Waals surface area contributed by atoms with Crippen molar-refractivity contribution in [2.24, 2.45) is 45.8 Å². The van der Waals surface area contributed by atoms with Crippen molar-refractivity contribution in [3.8, 4) is 0 Å². The van der Waals surface area contributed by atoms with Crippen molar-refractivity contribution in [3.63, 3.8) is 0 Å². The molecule has 2 heterocycles. The first-order valence-corrected chi connectivity index (χ1v) is 14.7. The third-order valence-electron chi connectivity index (χ3n) is 11.1. The minimum atomic E-state index is -1.61. The molecule has 0 radical (unpaired) electrons. The second kappa shape index (κ2) is 10.1. The van der Waals surface area contributed by atoms with Gasteiger partial charge in [0.15, 0.2) is 6.10 Å². The molecule has 9 nitrogen and oxygen atoms in total. The summed E-state index contributed by atoms with van der Waals surface area (Å²) in [7, 11) is 1.21. The maximum absolute atomic E-state index is 14.5. The van der Waals surface area contributed by atoms with Crippen molar-refractivity contribution in [2.75, 3.05) is 7.11 Å². The summed E-state index contributed by atoms with van der Waals surface area (Å²) in [6, 6.07) is 1.81. The molecule has 5 rings (SSSR count). The second-order valence-electron chi connectivity index (χ2n) is 13.6. The molecule has 1 aromatic rings. The largest absolute Gasteiger partial charge is 0.472 e. The lowest BCUT2D eigenvalue weighted by Crippen LogP contribution is -2.69. The number of esters is 3. The Bertz CT molecular complexity index is 1260. The number of carbonyl (C=O) groups is 4. The lowest BCUT2D eigenvalue weighted by Gasteiger charge is -2.64. The number of allylic oxidation sites excluding steroid dienone is 1. The van der Waals surface area contributed by atoms with Crippen LogP contribution in [0, 0.1) is 45.8 Å². The zero-order valence-electron chi connectivity index (χ0n) is 25.0. The summed E-state index contributed by atoms with van der Waals surface area (Å²) in [5, 5.41) is 11.5. The number of cyclic esters (lactones) is 1. The predicted molar refractivity (Wildman–Crippen MR) is 146 cm³/mol. The highest BCUT2D eigenvalue weighted by Crippen LogP contribution is 2.68. The zero-order chi connectivity index (χ0) is 30.1. The van der Waals surface area contributed by atoms with Crippen LogP contribution in [-0.2, 0) is 33.4 Å². The number of rotatable bonds is 6. The van der Waals surface area contributed by atoms with Gasteiger partial charge < -0.3 is 23.7 Å². The van der Waals surface area contributed by atoms with Crippen molar-refractivity contribution >= 4 is 23.7 Å². The number of Topliss-reactive ketones (excluding diaryl/α,β-unsaturated/α-hetero) is 1. The molecular weight excluding hydrogens is 528 g/mol. The van der Waals surface area contributed by atoms with E-state index in [1.54, 1.807) is 19.5 Å². The van der Waals surface area contributed by atoms with Crippen LogP contribution in [0.3, 0.4) is 0 Å². The fraction of sp³-hybridized carbons (Fsp3) is 0.688. The maximum Gasteiger partial charge on any atom is 0.335 e. The van der Waals surface area contributed by atoms with E-state index >= 15 is 0 Å². The monoisotopic (exact) mass is 570 g/mol.